The van der Waals surface area contributed by atoms with E-state index in [0.29, 0.717) is 12.1 Å². The number of halogens is 1. The van der Waals surface area contributed by atoms with E-state index < -0.39 is 0 Å². The highest BCUT2D eigenvalue weighted by atomic mass is 79.9. The van der Waals surface area contributed by atoms with Crippen LogP contribution in [0.25, 0.3) is 0 Å². The molecule has 1 amide bonds. The van der Waals surface area contributed by atoms with Crippen LogP contribution in [0.15, 0.2) is 22.7 Å². The van der Waals surface area contributed by atoms with Crippen molar-refractivity contribution >= 4 is 21.8 Å². The van der Waals surface area contributed by atoms with E-state index in [2.05, 4.69) is 21.2 Å². The Hall–Kier alpha value is -0.830. The summed E-state index contributed by atoms with van der Waals surface area (Å²) in [5.74, 6) is -0.0330. The first-order valence-electron chi connectivity index (χ1n) is 4.19. The molecule has 0 fully saturated rings. The van der Waals surface area contributed by atoms with Crippen molar-refractivity contribution in [1.29, 1.82) is 0 Å². The molecule has 0 aliphatic rings. The molecule has 70 valence electrons. The van der Waals surface area contributed by atoms with Gasteiger partial charge in [0.05, 0.1) is 5.56 Å². The number of aryl methyl sites for hydroxylation is 1. The molecule has 0 atom stereocenters. The Morgan fingerprint density at radius 2 is 2.23 bits per heavy atom. The van der Waals surface area contributed by atoms with Gasteiger partial charge < -0.3 is 5.32 Å². The van der Waals surface area contributed by atoms with Crippen LogP contribution in [0.3, 0.4) is 0 Å². The van der Waals surface area contributed by atoms with E-state index in [1.165, 1.54) is 0 Å². The minimum absolute atomic E-state index is 0.0330. The number of amides is 1. The molecule has 1 rings (SSSR count). The molecule has 0 saturated carbocycles. The van der Waals surface area contributed by atoms with Crippen LogP contribution in [0.4, 0.5) is 0 Å². The van der Waals surface area contributed by atoms with Crippen LogP contribution in [0, 0.1) is 6.92 Å². The average Bonchev–Trinajstić information content (AvgIpc) is 2.04. The predicted octanol–water partition coefficient (Wildman–Crippen LogP) is 2.51. The molecule has 0 spiro atoms. The molecule has 0 unspecified atom stereocenters. The molecule has 0 heterocycles. The largest absolute Gasteiger partial charge is 0.352 e. The van der Waals surface area contributed by atoms with Crippen molar-refractivity contribution in [3.63, 3.8) is 0 Å². The third-order valence-corrected chi connectivity index (χ3v) is 2.36. The van der Waals surface area contributed by atoms with Crippen molar-refractivity contribution in [3.8, 4) is 0 Å². The minimum Gasteiger partial charge on any atom is -0.352 e. The highest BCUT2D eigenvalue weighted by Crippen LogP contribution is 2.17. The van der Waals surface area contributed by atoms with Gasteiger partial charge in [0.1, 0.15) is 0 Å². The van der Waals surface area contributed by atoms with Gasteiger partial charge in [-0.25, -0.2) is 0 Å². The summed E-state index contributed by atoms with van der Waals surface area (Å²) in [7, 11) is 0. The topological polar surface area (TPSA) is 29.1 Å². The van der Waals surface area contributed by atoms with E-state index >= 15 is 0 Å². The summed E-state index contributed by atoms with van der Waals surface area (Å²) in [6.07, 6.45) is 0. The number of benzene rings is 1. The van der Waals surface area contributed by atoms with Crippen molar-refractivity contribution in [1.82, 2.24) is 5.32 Å². The average molecular weight is 242 g/mol. The van der Waals surface area contributed by atoms with Gasteiger partial charge >= 0.3 is 0 Å². The van der Waals surface area contributed by atoms with Crippen molar-refractivity contribution in [2.24, 2.45) is 0 Å². The third-order valence-electron chi connectivity index (χ3n) is 1.71. The fourth-order valence-corrected chi connectivity index (χ4v) is 1.73. The standard InChI is InChI=1S/C10H12BrNO/c1-3-12-10(13)8-5-4-7(2)6-9(8)11/h4-6H,3H2,1-2H3,(H,12,13). The summed E-state index contributed by atoms with van der Waals surface area (Å²) >= 11 is 3.36. The van der Waals surface area contributed by atoms with Gasteiger partial charge in [0.15, 0.2) is 0 Å². The number of carbonyl (C=O) groups excluding carboxylic acids is 1. The Labute approximate surface area is 86.5 Å². The molecule has 1 aromatic carbocycles. The second kappa shape index (κ2) is 4.42. The van der Waals surface area contributed by atoms with E-state index in [1.807, 2.05) is 32.0 Å². The molecule has 0 bridgehead atoms. The first kappa shape index (κ1) is 10.3. The highest BCUT2D eigenvalue weighted by Gasteiger charge is 2.07. The normalized spacial score (nSPS) is 9.77. The van der Waals surface area contributed by atoms with Gasteiger partial charge in [0.2, 0.25) is 0 Å². The van der Waals surface area contributed by atoms with E-state index in [0.717, 1.165) is 10.0 Å². The molecule has 0 radical (unpaired) electrons. The smallest absolute Gasteiger partial charge is 0.252 e. The lowest BCUT2D eigenvalue weighted by Crippen LogP contribution is -2.22. The predicted molar refractivity (Wildman–Crippen MR) is 56.9 cm³/mol. The van der Waals surface area contributed by atoms with E-state index in [-0.39, 0.29) is 5.91 Å². The molecule has 0 aliphatic carbocycles. The second-order valence-corrected chi connectivity index (χ2v) is 3.70. The SMILES string of the molecule is CCNC(=O)c1ccc(C)cc1Br. The van der Waals surface area contributed by atoms with Gasteiger partial charge in [-0.3, -0.25) is 4.79 Å². The molecular weight excluding hydrogens is 230 g/mol. The molecule has 1 N–H and O–H groups in total. The van der Waals surface area contributed by atoms with Crippen LogP contribution in [0.1, 0.15) is 22.8 Å². The summed E-state index contributed by atoms with van der Waals surface area (Å²) in [6.45, 7) is 4.55. The van der Waals surface area contributed by atoms with Gasteiger partial charge in [0.25, 0.3) is 5.91 Å². The monoisotopic (exact) mass is 241 g/mol. The summed E-state index contributed by atoms with van der Waals surface area (Å²) in [5, 5.41) is 2.75. The Balaban J connectivity index is 2.95. The zero-order valence-electron chi connectivity index (χ0n) is 7.73. The number of rotatable bonds is 2. The zero-order valence-corrected chi connectivity index (χ0v) is 9.31. The van der Waals surface area contributed by atoms with E-state index in [4.69, 9.17) is 0 Å². The van der Waals surface area contributed by atoms with Gasteiger partial charge in [-0.05, 0) is 47.5 Å². The Bertz CT molecular complexity index is 323. The molecule has 13 heavy (non-hydrogen) atoms. The molecule has 0 aliphatic heterocycles. The maximum atomic E-state index is 11.4. The molecule has 2 nitrogen and oxygen atoms in total. The maximum Gasteiger partial charge on any atom is 0.252 e. The molecule has 0 saturated heterocycles. The van der Waals surface area contributed by atoms with Gasteiger partial charge in [-0.1, -0.05) is 6.07 Å². The second-order valence-electron chi connectivity index (χ2n) is 2.84. The zero-order chi connectivity index (χ0) is 9.84. The number of hydrogen-bond donors (Lipinski definition) is 1. The fourth-order valence-electron chi connectivity index (χ4n) is 1.06. The van der Waals surface area contributed by atoms with Crippen LogP contribution < -0.4 is 5.32 Å². The van der Waals surface area contributed by atoms with E-state index in [1.54, 1.807) is 0 Å². The Morgan fingerprint density at radius 3 is 2.77 bits per heavy atom. The Kier molecular flexibility index (Phi) is 3.48. The number of hydrogen-bond acceptors (Lipinski definition) is 1. The summed E-state index contributed by atoms with van der Waals surface area (Å²) in [6, 6.07) is 5.68. The van der Waals surface area contributed by atoms with E-state index in [9.17, 15) is 4.79 Å². The van der Waals surface area contributed by atoms with Crippen molar-refractivity contribution < 1.29 is 4.79 Å². The van der Waals surface area contributed by atoms with Crippen LogP contribution in [0.2, 0.25) is 0 Å². The van der Waals surface area contributed by atoms with Crippen molar-refractivity contribution in [2.45, 2.75) is 13.8 Å². The third kappa shape index (κ3) is 2.56. The lowest BCUT2D eigenvalue weighted by molar-refractivity contribution is 0.0955. The first-order chi connectivity index (χ1) is 6.15. The fraction of sp³-hybridized carbons (Fsp3) is 0.300. The lowest BCUT2D eigenvalue weighted by atomic mass is 10.1. The number of nitrogens with one attached hydrogen (secondary N) is 1. The lowest BCUT2D eigenvalue weighted by Gasteiger charge is -2.04. The minimum atomic E-state index is -0.0330. The van der Waals surface area contributed by atoms with Crippen molar-refractivity contribution in [2.75, 3.05) is 6.54 Å². The highest BCUT2D eigenvalue weighted by molar-refractivity contribution is 9.10. The summed E-state index contributed by atoms with van der Waals surface area (Å²) < 4.78 is 0.846. The first-order valence-corrected chi connectivity index (χ1v) is 4.98. The molecule has 0 aromatic heterocycles. The van der Waals surface area contributed by atoms with Crippen LogP contribution in [0.5, 0.6) is 0 Å². The van der Waals surface area contributed by atoms with Crippen LogP contribution in [-0.2, 0) is 0 Å². The summed E-state index contributed by atoms with van der Waals surface area (Å²) in [5.41, 5.74) is 1.83. The van der Waals surface area contributed by atoms with Crippen LogP contribution in [-0.4, -0.2) is 12.5 Å². The summed E-state index contributed by atoms with van der Waals surface area (Å²) in [4.78, 5) is 11.4. The Morgan fingerprint density at radius 1 is 1.54 bits per heavy atom. The molecule has 1 aromatic rings. The van der Waals surface area contributed by atoms with Gasteiger partial charge in [-0.2, -0.15) is 0 Å². The maximum absolute atomic E-state index is 11.4. The molecular formula is C10H12BrNO. The van der Waals surface area contributed by atoms with Crippen molar-refractivity contribution in [3.05, 3.63) is 33.8 Å². The number of carbonyl (C=O) groups is 1. The van der Waals surface area contributed by atoms with Crippen LogP contribution >= 0.6 is 15.9 Å². The van der Waals surface area contributed by atoms with Gasteiger partial charge in [-0.15, -0.1) is 0 Å². The van der Waals surface area contributed by atoms with Gasteiger partial charge in [0, 0.05) is 11.0 Å². The molecule has 3 heteroatoms. The quantitative estimate of drug-likeness (QED) is 0.848.